The molecular formula is C59H100N6O32S4. The molecular weight excluding hydrogens is 1430 g/mol. The Morgan fingerprint density at radius 2 is 0.673 bits per heavy atom. The van der Waals surface area contributed by atoms with Gasteiger partial charge in [-0.15, -0.1) is 0 Å². The van der Waals surface area contributed by atoms with Gasteiger partial charge in [-0.2, -0.15) is 0 Å². The van der Waals surface area contributed by atoms with E-state index in [-0.39, 0.29) is 23.7 Å². The molecule has 0 aliphatic heterocycles. The smallest absolute Gasteiger partial charge is 0.327 e. The Labute approximate surface area is 596 Å². The number of carbonyl (C=O) groups is 13. The Morgan fingerprint density at radius 1 is 0.356 bits per heavy atom. The van der Waals surface area contributed by atoms with E-state index < -0.39 is 315 Å². The molecule has 0 saturated carbocycles. The summed E-state index contributed by atoms with van der Waals surface area (Å²) >= 11 is 0. The average molecular weight is 1530 g/mol. The van der Waals surface area contributed by atoms with Crippen LogP contribution in [0.2, 0.25) is 0 Å². The maximum atomic E-state index is 14.7. The number of carbonyl (C=O) groups excluding carboxylic acids is 9. The maximum Gasteiger partial charge on any atom is 0.327 e. The van der Waals surface area contributed by atoms with E-state index in [0.29, 0.717) is 12.2 Å². The fourth-order valence-electron chi connectivity index (χ4n) is 8.91. The van der Waals surface area contributed by atoms with E-state index in [1.807, 2.05) is 6.92 Å². The second-order valence-corrected chi connectivity index (χ2v) is 28.9. The zero-order valence-corrected chi connectivity index (χ0v) is 58.9. The predicted octanol–water partition coefficient (Wildman–Crippen LogP) is -7.74. The number of hydrogen-bond acceptors (Lipinski definition) is 32. The fourth-order valence-corrected chi connectivity index (χ4v) is 13.6. The predicted molar refractivity (Wildman–Crippen MR) is 358 cm³/mol. The van der Waals surface area contributed by atoms with Crippen LogP contribution in [0.3, 0.4) is 0 Å². The van der Waals surface area contributed by atoms with Crippen molar-refractivity contribution in [3.05, 3.63) is 0 Å². The number of aliphatic hydroxyl groups excluding tert-OH is 15. The van der Waals surface area contributed by atoms with Crippen LogP contribution in [0.15, 0.2) is 0 Å². The van der Waals surface area contributed by atoms with Gasteiger partial charge in [0.25, 0.3) is 0 Å². The first-order valence-electron chi connectivity index (χ1n) is 32.0. The first kappa shape index (κ1) is 95.5. The number of carboxylic acid groups (broad SMARTS) is 4. The summed E-state index contributed by atoms with van der Waals surface area (Å²) in [4.78, 5) is 173. The van der Waals surface area contributed by atoms with Crippen LogP contribution in [0.5, 0.6) is 0 Å². The minimum atomic E-state index is -2.18. The van der Waals surface area contributed by atoms with E-state index in [9.17, 15) is 149 Å². The van der Waals surface area contributed by atoms with Gasteiger partial charge >= 0.3 is 23.9 Å². The number of hydrogen-bond donors (Lipinski definition) is 25. The second-order valence-electron chi connectivity index (χ2n) is 23.7. The van der Waals surface area contributed by atoms with Gasteiger partial charge in [-0.1, -0.05) is 57.0 Å². The molecule has 582 valence electrons. The lowest BCUT2D eigenvalue weighted by molar-refractivity contribution is -0.142. The largest absolute Gasteiger partial charge is 0.481 e. The normalized spacial score (nSPS) is 17.2. The summed E-state index contributed by atoms with van der Waals surface area (Å²) in [6.07, 6.45) is -34.1. The van der Waals surface area contributed by atoms with Crippen molar-refractivity contribution in [2.24, 2.45) is 23.7 Å². The van der Waals surface area contributed by atoms with Crippen LogP contribution in [-0.2, 0) is 62.3 Å². The summed E-state index contributed by atoms with van der Waals surface area (Å²) in [5.41, 5.74) is 0. The summed E-state index contributed by atoms with van der Waals surface area (Å²) in [5.74, 6) is -20.6. The molecule has 25 N–H and O–H groups in total. The maximum absolute atomic E-state index is 14.7. The minimum absolute atomic E-state index is 0.0845. The SMILES string of the molecule is CCCSSC[C@H](NC(=O)[C@H](CCC(=O)NC[C@H](O)[C@@H](O)[C@H](O)[C@H](O)CO)CC(=O)[C@H](CCC(=O)O)NC(=O)[C@H](CCC(=O)NC[C@H](O)[C@@H](O)[C@H](O)[C@H](O)CO)CC(=O)[C@H](CCC(=O)O)NC(=O)[C@H](CCC(=O)NC[C@H](O)[C@@H](O)[C@H](O)[C@H](O)CO)CC(=O)CCSSC[C@H](C)C(=O)O)C(=O)O. The van der Waals surface area contributed by atoms with Crippen LogP contribution >= 0.6 is 43.2 Å². The van der Waals surface area contributed by atoms with Crippen LogP contribution in [-0.4, -0.2) is 328 Å². The monoisotopic (exact) mass is 1530 g/mol. The van der Waals surface area contributed by atoms with Gasteiger partial charge in [-0.05, 0) is 38.5 Å². The number of aliphatic hydroxyl groups is 15. The van der Waals surface area contributed by atoms with Gasteiger partial charge in [0.15, 0.2) is 11.6 Å². The van der Waals surface area contributed by atoms with E-state index in [2.05, 4.69) is 31.9 Å². The highest BCUT2D eigenvalue weighted by molar-refractivity contribution is 8.77. The van der Waals surface area contributed by atoms with Crippen molar-refractivity contribution in [1.82, 2.24) is 31.9 Å². The molecule has 0 aromatic rings. The molecule has 0 bridgehead atoms. The first-order valence-corrected chi connectivity index (χ1v) is 37.0. The summed E-state index contributed by atoms with van der Waals surface area (Å²) < 4.78 is 0. The highest BCUT2D eigenvalue weighted by atomic mass is 33.1. The zero-order valence-electron chi connectivity index (χ0n) is 55.6. The van der Waals surface area contributed by atoms with E-state index >= 15 is 0 Å². The highest BCUT2D eigenvalue weighted by Crippen LogP contribution is 2.27. The molecule has 0 spiro atoms. The molecule has 38 nitrogen and oxygen atoms in total. The quantitative estimate of drug-likeness (QED) is 0.0199. The summed E-state index contributed by atoms with van der Waals surface area (Å²) in [5, 5.41) is 201. The lowest BCUT2D eigenvalue weighted by Crippen LogP contribution is -2.50. The third kappa shape index (κ3) is 39.8. The van der Waals surface area contributed by atoms with Gasteiger partial charge in [0.2, 0.25) is 35.4 Å². The third-order valence-corrected chi connectivity index (χ3v) is 20.6. The van der Waals surface area contributed by atoms with Crippen LogP contribution in [0.4, 0.5) is 0 Å². The molecule has 0 aliphatic rings. The van der Waals surface area contributed by atoms with Gasteiger partial charge in [0.1, 0.15) is 66.8 Å². The molecule has 0 radical (unpaired) electrons. The lowest BCUT2D eigenvalue weighted by atomic mass is 9.89. The summed E-state index contributed by atoms with van der Waals surface area (Å²) in [6, 6.07) is -5.48. The highest BCUT2D eigenvalue weighted by Gasteiger charge is 2.38. The number of rotatable bonds is 60. The molecule has 0 saturated heterocycles. The molecule has 6 amide bonds. The van der Waals surface area contributed by atoms with Gasteiger partial charge in [-0.25, -0.2) is 4.79 Å². The molecule has 42 heteroatoms. The first-order chi connectivity index (χ1) is 47.4. The van der Waals surface area contributed by atoms with Crippen molar-refractivity contribution in [3.8, 4) is 0 Å². The van der Waals surface area contributed by atoms with Crippen LogP contribution < -0.4 is 31.9 Å². The number of ketones is 3. The van der Waals surface area contributed by atoms with E-state index in [1.165, 1.54) is 17.7 Å². The Morgan fingerprint density at radius 3 is 0.990 bits per heavy atom. The molecule has 0 aromatic carbocycles. The van der Waals surface area contributed by atoms with Crippen molar-refractivity contribution in [2.45, 2.75) is 202 Å². The number of Topliss-reactive ketones (excluding diaryl/α,β-unsaturated/α-hetero) is 3. The van der Waals surface area contributed by atoms with Crippen LogP contribution in [0.25, 0.3) is 0 Å². The number of carboxylic acids is 4. The third-order valence-electron chi connectivity index (χ3n) is 15.4. The van der Waals surface area contributed by atoms with Gasteiger partial charge in [-0.3, -0.25) is 57.5 Å². The van der Waals surface area contributed by atoms with Gasteiger partial charge < -0.3 is 129 Å². The van der Waals surface area contributed by atoms with Crippen LogP contribution in [0, 0.1) is 23.7 Å². The fraction of sp³-hybridized carbons (Fsp3) is 0.780. The zero-order chi connectivity index (χ0) is 77.2. The minimum Gasteiger partial charge on any atom is -0.481 e. The Bertz CT molecular complexity index is 2610. The molecule has 19 atom stereocenters. The number of nitrogens with one attached hydrogen (secondary N) is 6. The van der Waals surface area contributed by atoms with Crippen molar-refractivity contribution in [2.75, 3.05) is 62.5 Å². The van der Waals surface area contributed by atoms with Crippen molar-refractivity contribution < 1.29 is 159 Å². The number of amides is 6. The summed E-state index contributed by atoms with van der Waals surface area (Å²) in [7, 11) is 4.58. The van der Waals surface area contributed by atoms with Gasteiger partial charge in [0, 0.05) is 118 Å². The lowest BCUT2D eigenvalue weighted by Gasteiger charge is -2.26. The molecule has 0 aromatic heterocycles. The van der Waals surface area contributed by atoms with Gasteiger partial charge in [0.05, 0.1) is 56.1 Å². The van der Waals surface area contributed by atoms with Crippen molar-refractivity contribution in [1.29, 1.82) is 0 Å². The Kier molecular flexibility index (Phi) is 49.6. The molecule has 101 heavy (non-hydrogen) atoms. The topological polar surface area (TPSA) is 678 Å². The van der Waals surface area contributed by atoms with E-state index in [4.69, 9.17) is 10.2 Å². The van der Waals surface area contributed by atoms with E-state index in [0.717, 1.165) is 32.4 Å². The Hall–Kier alpha value is -5.49. The standard InChI is InChI=1S/C59H100N6O32S4/c1-3-15-98-101-27-35(59(96)97)65-57(93)31(6-11-46(80)62-22-40(74)51(87)54(90)43(77)25-68)19-37(71)34(8-13-48(83)84)64-56(92)30(5-10-45(79)61-21-39(73)50(86)53(89)42(76)24-67)18-36(70)33(7-12-47(81)82)63-55(91)29(17-32(69)14-16-99-100-26-28(2)58(94)95)4-9-44(78)60-20-38(72)49(85)52(88)41(75)23-66/h28-31,33-35,38-43,49-54,66-68,72-77,85-90H,3-27H2,1-2H3,(H,60,78)(H,61,79)(H,62,80)(H,63,91)(H,64,92)(H,65,93)(H,81,82)(H,83,84)(H,94,95)(H,96,97)/t28-,29+,30+,31+,33-,34-,35-,38-,39-,40-,41+,42+,43+,49+,50+,51+,52+,53+,54+/m0/s1. The Balaban J connectivity index is 7.63. The molecule has 0 aliphatic carbocycles. The van der Waals surface area contributed by atoms with Crippen LogP contribution in [0.1, 0.15) is 110 Å². The average Bonchev–Trinajstić information content (AvgIpc) is 0.869. The van der Waals surface area contributed by atoms with Crippen molar-refractivity contribution in [3.63, 3.8) is 0 Å². The molecule has 0 fully saturated rings. The summed E-state index contributed by atoms with van der Waals surface area (Å²) in [6.45, 7) is -2.26. The second kappa shape index (κ2) is 52.5. The molecule has 0 unspecified atom stereocenters. The van der Waals surface area contributed by atoms with E-state index in [1.54, 1.807) is 0 Å². The van der Waals surface area contributed by atoms with Crippen molar-refractivity contribution >= 4 is 120 Å². The number of aliphatic carboxylic acids is 4. The molecule has 0 rings (SSSR count). The molecule has 0 heterocycles.